The molecule has 0 aromatic rings. The molecule has 1 unspecified atom stereocenters. The molecule has 74 heavy (non-hydrogen) atoms. The Labute approximate surface area is 460 Å². The van der Waals surface area contributed by atoms with Crippen LogP contribution in [0.2, 0.25) is 0 Å². The normalized spacial score (nSPS) is 12.3. The maximum Gasteiger partial charge on any atom is 0.306 e. The van der Waals surface area contributed by atoms with E-state index in [9.17, 15) is 14.4 Å². The minimum atomic E-state index is -0.779. The van der Waals surface area contributed by atoms with Crippen LogP contribution in [0.3, 0.4) is 0 Å². The van der Waals surface area contributed by atoms with E-state index in [4.69, 9.17) is 14.2 Å². The Morgan fingerprint density at radius 2 is 0.486 bits per heavy atom. The summed E-state index contributed by atoms with van der Waals surface area (Å²) in [5.74, 6) is -0.867. The van der Waals surface area contributed by atoms with Crippen molar-refractivity contribution in [2.75, 3.05) is 13.2 Å². The predicted molar refractivity (Wildman–Crippen MR) is 321 cm³/mol. The Balaban J connectivity index is 4.37. The van der Waals surface area contributed by atoms with Crippen molar-refractivity contribution in [2.45, 2.75) is 354 Å². The summed E-state index contributed by atoms with van der Waals surface area (Å²) in [7, 11) is 0. The molecule has 0 aliphatic rings. The number of carbonyl (C=O) groups excluding carboxylic acids is 3. The van der Waals surface area contributed by atoms with Gasteiger partial charge in [-0.2, -0.15) is 0 Å². The highest BCUT2D eigenvalue weighted by atomic mass is 16.6. The maximum atomic E-state index is 12.9. The summed E-state index contributed by atoms with van der Waals surface area (Å²) in [5, 5.41) is 0. The van der Waals surface area contributed by atoms with Gasteiger partial charge >= 0.3 is 17.9 Å². The molecule has 6 nitrogen and oxygen atoms in total. The second-order valence-corrected chi connectivity index (χ2v) is 22.0. The van der Waals surface area contributed by atoms with E-state index in [-0.39, 0.29) is 31.1 Å². The molecule has 0 rings (SSSR count). The Hall–Kier alpha value is -2.63. The lowest BCUT2D eigenvalue weighted by molar-refractivity contribution is -0.167. The van der Waals surface area contributed by atoms with E-state index < -0.39 is 6.10 Å². The van der Waals surface area contributed by atoms with E-state index in [2.05, 4.69) is 69.4 Å². The van der Waals surface area contributed by atoms with Crippen LogP contribution in [0.1, 0.15) is 348 Å². The Bertz CT molecular complexity index is 1280. The largest absolute Gasteiger partial charge is 0.462 e. The van der Waals surface area contributed by atoms with Crippen molar-refractivity contribution in [3.63, 3.8) is 0 Å². The zero-order valence-corrected chi connectivity index (χ0v) is 49.6. The monoisotopic (exact) mass is 1040 g/mol. The van der Waals surface area contributed by atoms with Gasteiger partial charge in [-0.1, -0.05) is 294 Å². The van der Waals surface area contributed by atoms with Crippen molar-refractivity contribution >= 4 is 17.9 Å². The van der Waals surface area contributed by atoms with E-state index in [1.54, 1.807) is 0 Å². The molecule has 0 amide bonds. The molecule has 1 atom stereocenters. The first kappa shape index (κ1) is 71.4. The SMILES string of the molecule is CCCCC/C=C\C/C=C\C/C=C\CCCCCCCCC(=O)OCC(COC(=O)CCCCCCCCCCCCCCCCCCCC)OC(=O)CCCCCCCCCCC/C=C\CCCCCCCC. The third kappa shape index (κ3) is 60.2. The van der Waals surface area contributed by atoms with Crippen LogP contribution in [0.15, 0.2) is 48.6 Å². The number of hydrogen-bond donors (Lipinski definition) is 0. The number of unbranched alkanes of at least 4 members (excludes halogenated alkanes) is 41. The summed E-state index contributed by atoms with van der Waals surface area (Å²) >= 11 is 0. The molecule has 0 aromatic heterocycles. The number of allylic oxidation sites excluding steroid dienone is 8. The average molecular weight is 1040 g/mol. The molecule has 0 bridgehead atoms. The summed E-state index contributed by atoms with van der Waals surface area (Å²) in [6.07, 6.45) is 78.2. The molecule has 0 aliphatic carbocycles. The van der Waals surface area contributed by atoms with Crippen molar-refractivity contribution in [3.05, 3.63) is 48.6 Å². The molecular formula is C68H124O6. The number of carbonyl (C=O) groups is 3. The van der Waals surface area contributed by atoms with E-state index in [1.165, 1.54) is 231 Å². The van der Waals surface area contributed by atoms with Gasteiger partial charge in [-0.15, -0.1) is 0 Å². The highest BCUT2D eigenvalue weighted by Gasteiger charge is 2.19. The standard InChI is InChI=1S/C68H124O6/c1-4-7-10-13-16-19-22-25-28-31-34-37-40-43-46-49-52-55-58-61-67(70)73-64-65(63-72-66(69)60-57-54-51-48-45-42-39-36-33-30-27-24-21-18-15-12-9-6-3)74-68(71)62-59-56-53-50-47-44-41-38-35-32-29-26-23-20-17-14-11-8-5-2/h16,19,25-26,28-29,34,37,65H,4-15,17-18,20-24,27,30-33,35-36,38-64H2,1-3H3/b19-16-,28-25-,29-26-,37-34-. The van der Waals surface area contributed by atoms with Gasteiger partial charge in [0.05, 0.1) is 0 Å². The molecule has 0 heterocycles. The highest BCUT2D eigenvalue weighted by Crippen LogP contribution is 2.17. The summed E-state index contributed by atoms with van der Waals surface area (Å²) < 4.78 is 17.0. The van der Waals surface area contributed by atoms with Crippen LogP contribution in [-0.4, -0.2) is 37.2 Å². The van der Waals surface area contributed by atoms with Gasteiger partial charge in [-0.05, 0) is 83.5 Å². The van der Waals surface area contributed by atoms with Crippen LogP contribution in [0, 0.1) is 0 Å². The predicted octanol–water partition coefficient (Wildman–Crippen LogP) is 22.2. The Kier molecular flexibility index (Phi) is 60.7. The zero-order valence-electron chi connectivity index (χ0n) is 49.6. The molecule has 0 aromatic carbocycles. The van der Waals surface area contributed by atoms with Crippen molar-refractivity contribution in [1.29, 1.82) is 0 Å². The van der Waals surface area contributed by atoms with E-state index >= 15 is 0 Å². The first-order valence-electron chi connectivity index (χ1n) is 32.6. The number of hydrogen-bond acceptors (Lipinski definition) is 6. The van der Waals surface area contributed by atoms with Crippen molar-refractivity contribution in [3.8, 4) is 0 Å². The molecule has 0 saturated carbocycles. The minimum Gasteiger partial charge on any atom is -0.462 e. The van der Waals surface area contributed by atoms with Crippen molar-refractivity contribution < 1.29 is 28.6 Å². The highest BCUT2D eigenvalue weighted by molar-refractivity contribution is 5.71. The molecule has 0 N–H and O–H groups in total. The maximum absolute atomic E-state index is 12.9. The van der Waals surface area contributed by atoms with Gasteiger partial charge in [-0.3, -0.25) is 14.4 Å². The van der Waals surface area contributed by atoms with E-state index in [1.807, 2.05) is 0 Å². The first-order valence-corrected chi connectivity index (χ1v) is 32.6. The quantitative estimate of drug-likeness (QED) is 0.0261. The van der Waals surface area contributed by atoms with Crippen LogP contribution in [0.25, 0.3) is 0 Å². The summed E-state index contributed by atoms with van der Waals surface area (Å²) in [6, 6.07) is 0. The average Bonchev–Trinajstić information content (AvgIpc) is 3.40. The molecule has 6 heteroatoms. The number of esters is 3. The Morgan fingerprint density at radius 1 is 0.270 bits per heavy atom. The zero-order chi connectivity index (χ0) is 53.6. The third-order valence-corrected chi connectivity index (χ3v) is 14.6. The molecule has 0 saturated heterocycles. The molecular weight excluding hydrogens is 913 g/mol. The topological polar surface area (TPSA) is 78.9 Å². The molecule has 0 spiro atoms. The Morgan fingerprint density at radius 3 is 0.797 bits per heavy atom. The fraction of sp³-hybridized carbons (Fsp3) is 0.838. The minimum absolute atomic E-state index is 0.0743. The van der Waals surface area contributed by atoms with Gasteiger partial charge in [0.25, 0.3) is 0 Å². The lowest BCUT2D eigenvalue weighted by Gasteiger charge is -2.18. The van der Waals surface area contributed by atoms with Gasteiger partial charge < -0.3 is 14.2 Å². The van der Waals surface area contributed by atoms with Gasteiger partial charge in [0.1, 0.15) is 13.2 Å². The second-order valence-electron chi connectivity index (χ2n) is 22.0. The van der Waals surface area contributed by atoms with E-state index in [0.29, 0.717) is 19.3 Å². The summed E-state index contributed by atoms with van der Waals surface area (Å²) in [6.45, 7) is 6.66. The van der Waals surface area contributed by atoms with Gasteiger partial charge in [0.2, 0.25) is 0 Å². The van der Waals surface area contributed by atoms with Crippen LogP contribution in [0.5, 0.6) is 0 Å². The number of rotatable bonds is 60. The summed E-state index contributed by atoms with van der Waals surface area (Å²) in [4.78, 5) is 38.4. The first-order chi connectivity index (χ1) is 36.5. The second kappa shape index (κ2) is 62.9. The fourth-order valence-corrected chi connectivity index (χ4v) is 9.62. The lowest BCUT2D eigenvalue weighted by Crippen LogP contribution is -2.30. The van der Waals surface area contributed by atoms with Gasteiger partial charge in [-0.25, -0.2) is 0 Å². The van der Waals surface area contributed by atoms with Crippen LogP contribution < -0.4 is 0 Å². The van der Waals surface area contributed by atoms with E-state index in [0.717, 1.165) is 77.0 Å². The molecule has 0 aliphatic heterocycles. The van der Waals surface area contributed by atoms with Crippen LogP contribution in [0.4, 0.5) is 0 Å². The molecule has 0 radical (unpaired) electrons. The number of ether oxygens (including phenoxy) is 3. The van der Waals surface area contributed by atoms with Crippen LogP contribution in [-0.2, 0) is 28.6 Å². The fourth-order valence-electron chi connectivity index (χ4n) is 9.62. The summed E-state index contributed by atoms with van der Waals surface area (Å²) in [5.41, 5.74) is 0. The van der Waals surface area contributed by atoms with Gasteiger partial charge in [0, 0.05) is 19.3 Å². The van der Waals surface area contributed by atoms with Gasteiger partial charge in [0.15, 0.2) is 6.10 Å². The van der Waals surface area contributed by atoms with Crippen LogP contribution >= 0.6 is 0 Å². The molecule has 432 valence electrons. The molecule has 0 fully saturated rings. The van der Waals surface area contributed by atoms with Crippen molar-refractivity contribution in [2.24, 2.45) is 0 Å². The smallest absolute Gasteiger partial charge is 0.306 e. The van der Waals surface area contributed by atoms with Crippen molar-refractivity contribution in [1.82, 2.24) is 0 Å². The third-order valence-electron chi connectivity index (χ3n) is 14.6. The lowest BCUT2D eigenvalue weighted by atomic mass is 10.0.